The molecule has 1 aromatic heterocycles. The van der Waals surface area contributed by atoms with Crippen LogP contribution in [0.1, 0.15) is 6.92 Å². The molecule has 1 atom stereocenters. The average molecular weight is 253 g/mol. The maximum Gasteiger partial charge on any atom is 0.219 e. The highest BCUT2D eigenvalue weighted by molar-refractivity contribution is 5.73. The topological polar surface area (TPSA) is 56.7 Å². The summed E-state index contributed by atoms with van der Waals surface area (Å²) >= 11 is 0. The number of nitrogens with zero attached hydrogens (tertiary/aromatic N) is 3. The number of aliphatic hydroxyl groups is 1. The minimum atomic E-state index is -0.696. The number of carbonyl (C=O) groups is 1. The summed E-state index contributed by atoms with van der Waals surface area (Å²) in [5.41, 5.74) is 0. The lowest BCUT2D eigenvalue weighted by Gasteiger charge is -2.22. The lowest BCUT2D eigenvalue weighted by molar-refractivity contribution is -0.129. The van der Waals surface area contributed by atoms with Crippen LogP contribution >= 0.6 is 0 Å². The first kappa shape index (κ1) is 12.8. The molecule has 98 valence electrons. The van der Waals surface area contributed by atoms with E-state index < -0.39 is 11.9 Å². The van der Waals surface area contributed by atoms with Gasteiger partial charge in [-0.05, 0) is 12.1 Å². The smallest absolute Gasteiger partial charge is 0.219 e. The number of hydrogen-bond donors (Lipinski definition) is 1. The van der Waals surface area contributed by atoms with E-state index in [0.29, 0.717) is 13.1 Å². The molecule has 1 aliphatic heterocycles. The minimum absolute atomic E-state index is 0.0857. The molecule has 1 saturated heterocycles. The van der Waals surface area contributed by atoms with Crippen molar-refractivity contribution in [1.29, 1.82) is 0 Å². The van der Waals surface area contributed by atoms with Crippen molar-refractivity contribution in [3.05, 3.63) is 24.1 Å². The molecule has 0 saturated carbocycles. The zero-order chi connectivity index (χ0) is 13.1. The van der Waals surface area contributed by atoms with E-state index in [1.54, 1.807) is 9.80 Å². The van der Waals surface area contributed by atoms with Crippen LogP contribution in [0.2, 0.25) is 0 Å². The maximum atomic E-state index is 13.6. The Labute approximate surface area is 105 Å². The highest BCUT2D eigenvalue weighted by Crippen LogP contribution is 2.17. The van der Waals surface area contributed by atoms with Crippen LogP contribution in [0.5, 0.6) is 0 Å². The van der Waals surface area contributed by atoms with Gasteiger partial charge in [-0.15, -0.1) is 0 Å². The fourth-order valence-corrected chi connectivity index (χ4v) is 2.08. The minimum Gasteiger partial charge on any atom is -0.389 e. The fourth-order valence-electron chi connectivity index (χ4n) is 2.08. The first-order valence-electron chi connectivity index (χ1n) is 5.87. The number of anilines is 1. The third-order valence-corrected chi connectivity index (χ3v) is 2.99. The molecule has 5 nitrogen and oxygen atoms in total. The van der Waals surface area contributed by atoms with Crippen LogP contribution in [0.3, 0.4) is 0 Å². The molecule has 2 heterocycles. The maximum absolute atomic E-state index is 13.6. The van der Waals surface area contributed by atoms with E-state index in [1.807, 2.05) is 0 Å². The largest absolute Gasteiger partial charge is 0.389 e. The molecule has 1 unspecified atom stereocenters. The quantitative estimate of drug-likeness (QED) is 0.779. The van der Waals surface area contributed by atoms with E-state index in [1.165, 1.54) is 25.3 Å². The zero-order valence-corrected chi connectivity index (χ0v) is 10.2. The Bertz CT molecular complexity index is 441. The van der Waals surface area contributed by atoms with Crippen molar-refractivity contribution >= 4 is 11.7 Å². The number of hydrogen-bond acceptors (Lipinski definition) is 4. The molecule has 1 amide bonds. The molecule has 1 N–H and O–H groups in total. The summed E-state index contributed by atoms with van der Waals surface area (Å²) in [5, 5.41) is 9.85. The molecule has 2 rings (SSSR count). The predicted molar refractivity (Wildman–Crippen MR) is 64.7 cm³/mol. The summed E-state index contributed by atoms with van der Waals surface area (Å²) in [5.74, 6) is -0.277. The van der Waals surface area contributed by atoms with Gasteiger partial charge in [0.2, 0.25) is 5.91 Å². The Morgan fingerprint density at radius 3 is 2.94 bits per heavy atom. The third-order valence-electron chi connectivity index (χ3n) is 2.99. The number of aliphatic hydroxyl groups excluding tert-OH is 1. The molecule has 6 heteroatoms. The van der Waals surface area contributed by atoms with Gasteiger partial charge in [-0.1, -0.05) is 0 Å². The van der Waals surface area contributed by atoms with E-state index in [0.717, 1.165) is 0 Å². The van der Waals surface area contributed by atoms with Gasteiger partial charge in [0.25, 0.3) is 0 Å². The molecule has 0 aromatic carbocycles. The normalized spacial score (nSPS) is 20.7. The van der Waals surface area contributed by atoms with E-state index >= 15 is 0 Å². The standard InChI is InChI=1S/C12H16FN3O2/c1-9(17)15-5-6-16(8-10(18)7-15)12-11(13)3-2-4-14-12/h2-4,10,18H,5-8H2,1H3. The number of carbonyl (C=O) groups excluding carboxylic acids is 1. The number of aromatic nitrogens is 1. The first-order valence-corrected chi connectivity index (χ1v) is 5.87. The van der Waals surface area contributed by atoms with Gasteiger partial charge in [0, 0.05) is 39.3 Å². The van der Waals surface area contributed by atoms with Crippen molar-refractivity contribution in [2.75, 3.05) is 31.1 Å². The Hall–Kier alpha value is -1.69. The molecule has 1 aromatic rings. The molecule has 1 fully saturated rings. The Morgan fingerprint density at radius 2 is 2.28 bits per heavy atom. The second-order valence-corrected chi connectivity index (χ2v) is 4.37. The second kappa shape index (κ2) is 5.30. The van der Waals surface area contributed by atoms with Crippen LogP contribution in [0.25, 0.3) is 0 Å². The Kier molecular flexibility index (Phi) is 3.76. The van der Waals surface area contributed by atoms with Gasteiger partial charge in [0.05, 0.1) is 6.10 Å². The van der Waals surface area contributed by atoms with Crippen LogP contribution in [-0.4, -0.2) is 53.2 Å². The Balaban J connectivity index is 2.16. The average Bonchev–Trinajstić information content (AvgIpc) is 2.51. The number of halogens is 1. The van der Waals surface area contributed by atoms with Gasteiger partial charge in [-0.25, -0.2) is 9.37 Å². The van der Waals surface area contributed by atoms with Crippen molar-refractivity contribution in [3.63, 3.8) is 0 Å². The van der Waals surface area contributed by atoms with Crippen molar-refractivity contribution in [3.8, 4) is 0 Å². The molecular weight excluding hydrogens is 237 g/mol. The number of pyridine rings is 1. The van der Waals surface area contributed by atoms with Gasteiger partial charge in [0.15, 0.2) is 11.6 Å². The van der Waals surface area contributed by atoms with Gasteiger partial charge < -0.3 is 14.9 Å². The highest BCUT2D eigenvalue weighted by Gasteiger charge is 2.24. The van der Waals surface area contributed by atoms with Gasteiger partial charge in [0.1, 0.15) is 0 Å². The van der Waals surface area contributed by atoms with Crippen LogP contribution in [-0.2, 0) is 4.79 Å². The summed E-state index contributed by atoms with van der Waals surface area (Å²) in [6.45, 7) is 2.94. The molecule has 1 aliphatic rings. The van der Waals surface area contributed by atoms with Crippen molar-refractivity contribution in [2.24, 2.45) is 0 Å². The molecule has 0 aliphatic carbocycles. The first-order chi connectivity index (χ1) is 8.58. The lowest BCUT2D eigenvalue weighted by Crippen LogP contribution is -2.36. The molecular formula is C12H16FN3O2. The highest BCUT2D eigenvalue weighted by atomic mass is 19.1. The Morgan fingerprint density at radius 1 is 1.50 bits per heavy atom. The SMILES string of the molecule is CC(=O)N1CCN(c2ncccc2F)CC(O)C1. The van der Waals surface area contributed by atoms with E-state index in [4.69, 9.17) is 0 Å². The summed E-state index contributed by atoms with van der Waals surface area (Å²) in [6.07, 6.45) is 0.816. The van der Waals surface area contributed by atoms with Crippen LogP contribution in [0, 0.1) is 5.82 Å². The molecule has 18 heavy (non-hydrogen) atoms. The zero-order valence-electron chi connectivity index (χ0n) is 10.2. The molecule has 0 radical (unpaired) electrons. The van der Waals surface area contributed by atoms with Crippen LogP contribution in [0.15, 0.2) is 18.3 Å². The summed E-state index contributed by atoms with van der Waals surface area (Å²) in [7, 11) is 0. The second-order valence-electron chi connectivity index (χ2n) is 4.37. The van der Waals surface area contributed by atoms with E-state index in [9.17, 15) is 14.3 Å². The number of rotatable bonds is 1. The molecule has 0 spiro atoms. The van der Waals surface area contributed by atoms with E-state index in [-0.39, 0.29) is 24.8 Å². The summed E-state index contributed by atoms with van der Waals surface area (Å²) in [6, 6.07) is 2.86. The third kappa shape index (κ3) is 2.76. The predicted octanol–water partition coefficient (Wildman–Crippen LogP) is 0.250. The van der Waals surface area contributed by atoms with Crippen LogP contribution in [0.4, 0.5) is 10.2 Å². The van der Waals surface area contributed by atoms with Gasteiger partial charge >= 0.3 is 0 Å². The monoisotopic (exact) mass is 253 g/mol. The number of β-amino-alcohol motifs (C(OH)–C–C–N with tert-alkyl or cyclic N) is 1. The fraction of sp³-hybridized carbons (Fsp3) is 0.500. The van der Waals surface area contributed by atoms with Gasteiger partial charge in [-0.3, -0.25) is 4.79 Å². The van der Waals surface area contributed by atoms with Crippen molar-refractivity contribution in [1.82, 2.24) is 9.88 Å². The summed E-state index contributed by atoms with van der Waals surface area (Å²) < 4.78 is 13.6. The summed E-state index contributed by atoms with van der Waals surface area (Å²) in [4.78, 5) is 18.5. The van der Waals surface area contributed by atoms with Crippen LogP contribution < -0.4 is 4.90 Å². The number of amides is 1. The lowest BCUT2D eigenvalue weighted by atomic mass is 10.3. The van der Waals surface area contributed by atoms with Gasteiger partial charge in [-0.2, -0.15) is 0 Å². The van der Waals surface area contributed by atoms with Crippen molar-refractivity contribution in [2.45, 2.75) is 13.0 Å². The van der Waals surface area contributed by atoms with Crippen molar-refractivity contribution < 1.29 is 14.3 Å². The molecule has 0 bridgehead atoms. The van der Waals surface area contributed by atoms with E-state index in [2.05, 4.69) is 4.98 Å².